The molecule has 0 spiro atoms. The topological polar surface area (TPSA) is 49.3 Å². The van der Waals surface area contributed by atoms with E-state index in [9.17, 15) is 4.79 Å². The Morgan fingerprint density at radius 1 is 1.89 bits per heavy atom. The fourth-order valence-electron chi connectivity index (χ4n) is 0.907. The summed E-state index contributed by atoms with van der Waals surface area (Å²) >= 11 is 0. The van der Waals surface area contributed by atoms with Crippen LogP contribution in [0.25, 0.3) is 0 Å². The molecule has 0 bridgehead atoms. The summed E-state index contributed by atoms with van der Waals surface area (Å²) < 4.78 is 0. The number of aliphatic carboxylic acids is 1. The van der Waals surface area contributed by atoms with Crippen LogP contribution in [0.3, 0.4) is 0 Å². The van der Waals surface area contributed by atoms with Gasteiger partial charge >= 0.3 is 5.97 Å². The minimum atomic E-state index is -0.773. The molecule has 1 aliphatic rings. The third kappa shape index (κ3) is 1.10. The lowest BCUT2D eigenvalue weighted by molar-refractivity contribution is -0.139. The number of hydrogen-bond acceptors (Lipinski definition) is 2. The van der Waals surface area contributed by atoms with Crippen LogP contribution in [0.4, 0.5) is 0 Å². The monoisotopic (exact) mass is 127 g/mol. The summed E-state index contributed by atoms with van der Waals surface area (Å²) in [6.07, 6.45) is 0. The first-order valence-electron chi connectivity index (χ1n) is 2.83. The predicted molar refractivity (Wildman–Crippen MR) is 33.1 cm³/mol. The number of rotatable bonds is 1. The average Bonchev–Trinajstić information content (AvgIpc) is 2.13. The molecule has 1 fully saturated rings. The van der Waals surface area contributed by atoms with Gasteiger partial charge in [0.05, 0.1) is 5.92 Å². The van der Waals surface area contributed by atoms with Crippen molar-refractivity contribution in [2.24, 2.45) is 5.92 Å². The molecule has 0 saturated carbocycles. The SMILES string of the molecule is C=C1CNCC1C(=O)O. The van der Waals surface area contributed by atoms with Gasteiger partial charge in [-0.1, -0.05) is 6.58 Å². The summed E-state index contributed by atoms with van der Waals surface area (Å²) in [5.74, 6) is -1.13. The molecule has 9 heavy (non-hydrogen) atoms. The molecule has 0 amide bonds. The first kappa shape index (κ1) is 6.29. The summed E-state index contributed by atoms with van der Waals surface area (Å²) in [5.41, 5.74) is 0.780. The molecule has 0 aromatic rings. The standard InChI is InChI=1S/C6H9NO2/c1-4-2-7-3-5(4)6(8)9/h5,7H,1-3H2,(H,8,9). The quantitative estimate of drug-likeness (QED) is 0.481. The molecule has 0 aromatic heterocycles. The first-order valence-corrected chi connectivity index (χ1v) is 2.83. The Labute approximate surface area is 53.4 Å². The van der Waals surface area contributed by atoms with Crippen molar-refractivity contribution in [1.82, 2.24) is 5.32 Å². The molecule has 50 valence electrons. The fourth-order valence-corrected chi connectivity index (χ4v) is 0.907. The highest BCUT2D eigenvalue weighted by molar-refractivity contribution is 5.74. The molecule has 3 nitrogen and oxygen atoms in total. The van der Waals surface area contributed by atoms with Crippen LogP contribution < -0.4 is 5.32 Å². The smallest absolute Gasteiger partial charge is 0.311 e. The van der Waals surface area contributed by atoms with E-state index < -0.39 is 5.97 Å². The molecule has 1 rings (SSSR count). The van der Waals surface area contributed by atoms with Crippen molar-refractivity contribution in [1.29, 1.82) is 0 Å². The van der Waals surface area contributed by atoms with E-state index in [1.54, 1.807) is 0 Å². The summed E-state index contributed by atoms with van der Waals surface area (Å²) in [7, 11) is 0. The zero-order chi connectivity index (χ0) is 6.85. The van der Waals surface area contributed by atoms with Crippen LogP contribution in [0, 0.1) is 5.92 Å². The summed E-state index contributed by atoms with van der Waals surface area (Å²) in [5, 5.41) is 11.4. The van der Waals surface area contributed by atoms with Gasteiger partial charge in [-0.15, -0.1) is 0 Å². The van der Waals surface area contributed by atoms with Gasteiger partial charge in [0.25, 0.3) is 0 Å². The Kier molecular flexibility index (Phi) is 1.53. The number of nitrogens with one attached hydrogen (secondary N) is 1. The largest absolute Gasteiger partial charge is 0.481 e. The van der Waals surface area contributed by atoms with Gasteiger partial charge in [0.1, 0.15) is 0 Å². The normalized spacial score (nSPS) is 26.7. The average molecular weight is 127 g/mol. The maximum atomic E-state index is 10.3. The predicted octanol–water partition coefficient (Wildman–Crippen LogP) is -0.153. The van der Waals surface area contributed by atoms with E-state index in [1.165, 1.54) is 0 Å². The number of hydrogen-bond donors (Lipinski definition) is 2. The number of carbonyl (C=O) groups is 1. The molecule has 0 radical (unpaired) electrons. The Bertz CT molecular complexity index is 153. The highest BCUT2D eigenvalue weighted by Crippen LogP contribution is 2.12. The van der Waals surface area contributed by atoms with Crippen molar-refractivity contribution in [3.05, 3.63) is 12.2 Å². The number of carboxylic acids is 1. The van der Waals surface area contributed by atoms with Crippen molar-refractivity contribution in [2.75, 3.05) is 13.1 Å². The molecule has 1 saturated heterocycles. The molecule has 2 N–H and O–H groups in total. The Hall–Kier alpha value is -0.830. The van der Waals surface area contributed by atoms with Crippen LogP contribution in [0.5, 0.6) is 0 Å². The van der Waals surface area contributed by atoms with Crippen LogP contribution in [0.15, 0.2) is 12.2 Å². The van der Waals surface area contributed by atoms with Crippen molar-refractivity contribution < 1.29 is 9.90 Å². The molecule has 1 aliphatic heterocycles. The maximum Gasteiger partial charge on any atom is 0.311 e. The Morgan fingerprint density at radius 2 is 2.56 bits per heavy atom. The second-order valence-corrected chi connectivity index (χ2v) is 2.18. The highest BCUT2D eigenvalue weighted by Gasteiger charge is 2.24. The molecule has 1 unspecified atom stereocenters. The lowest BCUT2D eigenvalue weighted by atomic mass is 10.1. The molecular weight excluding hydrogens is 118 g/mol. The van der Waals surface area contributed by atoms with Gasteiger partial charge in [0, 0.05) is 13.1 Å². The molecule has 3 heteroatoms. The molecule has 0 aliphatic carbocycles. The Morgan fingerprint density at radius 3 is 2.78 bits per heavy atom. The van der Waals surface area contributed by atoms with E-state index >= 15 is 0 Å². The van der Waals surface area contributed by atoms with Gasteiger partial charge in [-0.2, -0.15) is 0 Å². The molecule has 0 aromatic carbocycles. The second kappa shape index (κ2) is 2.19. The molecule has 1 atom stereocenters. The van der Waals surface area contributed by atoms with Crippen molar-refractivity contribution in [3.8, 4) is 0 Å². The van der Waals surface area contributed by atoms with Crippen LogP contribution in [-0.2, 0) is 4.79 Å². The van der Waals surface area contributed by atoms with E-state index in [2.05, 4.69) is 11.9 Å². The third-order valence-electron chi connectivity index (χ3n) is 1.49. The summed E-state index contributed by atoms with van der Waals surface area (Å²) in [4.78, 5) is 10.3. The summed E-state index contributed by atoms with van der Waals surface area (Å²) in [6.45, 7) is 4.80. The van der Waals surface area contributed by atoms with Crippen molar-refractivity contribution in [3.63, 3.8) is 0 Å². The Balaban J connectivity index is 2.60. The second-order valence-electron chi connectivity index (χ2n) is 2.18. The van der Waals surface area contributed by atoms with Crippen LogP contribution in [0.1, 0.15) is 0 Å². The fraction of sp³-hybridized carbons (Fsp3) is 0.500. The minimum absolute atomic E-state index is 0.356. The molecule has 1 heterocycles. The first-order chi connectivity index (χ1) is 4.22. The van der Waals surface area contributed by atoms with Gasteiger partial charge in [-0.05, 0) is 5.57 Å². The molecular formula is C6H9NO2. The van der Waals surface area contributed by atoms with Crippen LogP contribution >= 0.6 is 0 Å². The van der Waals surface area contributed by atoms with E-state index in [4.69, 9.17) is 5.11 Å². The van der Waals surface area contributed by atoms with Gasteiger partial charge < -0.3 is 10.4 Å². The van der Waals surface area contributed by atoms with Crippen molar-refractivity contribution >= 4 is 5.97 Å². The number of carboxylic acid groups (broad SMARTS) is 1. The van der Waals surface area contributed by atoms with Gasteiger partial charge in [0.2, 0.25) is 0 Å². The lowest BCUT2D eigenvalue weighted by Gasteiger charge is -2.00. The summed E-state index contributed by atoms with van der Waals surface area (Å²) in [6, 6.07) is 0. The van der Waals surface area contributed by atoms with Crippen molar-refractivity contribution in [2.45, 2.75) is 0 Å². The van der Waals surface area contributed by atoms with Gasteiger partial charge in [-0.3, -0.25) is 4.79 Å². The zero-order valence-corrected chi connectivity index (χ0v) is 5.05. The lowest BCUT2D eigenvalue weighted by Crippen LogP contribution is -2.17. The zero-order valence-electron chi connectivity index (χ0n) is 5.05. The highest BCUT2D eigenvalue weighted by atomic mass is 16.4. The minimum Gasteiger partial charge on any atom is -0.481 e. The van der Waals surface area contributed by atoms with Gasteiger partial charge in [-0.25, -0.2) is 0 Å². The van der Waals surface area contributed by atoms with E-state index in [1.807, 2.05) is 0 Å². The third-order valence-corrected chi connectivity index (χ3v) is 1.49. The van der Waals surface area contributed by atoms with E-state index in [-0.39, 0.29) is 5.92 Å². The maximum absolute atomic E-state index is 10.3. The van der Waals surface area contributed by atoms with Gasteiger partial charge in [0.15, 0.2) is 0 Å². The van der Waals surface area contributed by atoms with E-state index in [0.717, 1.165) is 5.57 Å². The van der Waals surface area contributed by atoms with Crippen LogP contribution in [0.2, 0.25) is 0 Å². The van der Waals surface area contributed by atoms with Crippen LogP contribution in [-0.4, -0.2) is 24.2 Å². The van der Waals surface area contributed by atoms with E-state index in [0.29, 0.717) is 13.1 Å².